The maximum atomic E-state index is 12.8. The number of hydrogen-bond donors (Lipinski definition) is 1. The maximum Gasteiger partial charge on any atom is 0.231 e. The lowest BCUT2D eigenvalue weighted by molar-refractivity contribution is -0.148. The van der Waals surface area contributed by atoms with Gasteiger partial charge in [-0.3, -0.25) is 4.79 Å². The maximum absolute atomic E-state index is 12.8. The largest absolute Gasteiger partial charge is 0.384 e. The predicted molar refractivity (Wildman–Crippen MR) is 74.9 cm³/mol. The van der Waals surface area contributed by atoms with Gasteiger partial charge >= 0.3 is 0 Å². The minimum Gasteiger partial charge on any atom is -0.384 e. The van der Waals surface area contributed by atoms with Crippen molar-refractivity contribution in [1.29, 1.82) is 0 Å². The highest BCUT2D eigenvalue weighted by Crippen LogP contribution is 2.33. The lowest BCUT2D eigenvalue weighted by Crippen LogP contribution is -2.53. The fraction of sp³-hybridized carbons (Fsp3) is 0.923. The molecule has 0 radical (unpaired) electrons. The normalized spacial score (nSPS) is 27.1. The molecule has 4 nitrogen and oxygen atoms in total. The van der Waals surface area contributed by atoms with E-state index in [0.717, 1.165) is 38.1 Å². The molecule has 2 rings (SSSR count). The van der Waals surface area contributed by atoms with E-state index in [1.54, 1.807) is 7.11 Å². The fourth-order valence-electron chi connectivity index (χ4n) is 2.97. The third-order valence-electron chi connectivity index (χ3n) is 4.21. The van der Waals surface area contributed by atoms with Crippen molar-refractivity contribution >= 4 is 17.7 Å². The third kappa shape index (κ3) is 2.83. The first-order valence-corrected chi connectivity index (χ1v) is 7.90. The summed E-state index contributed by atoms with van der Waals surface area (Å²) in [6.07, 6.45) is 2.92. The summed E-state index contributed by atoms with van der Waals surface area (Å²) >= 11 is 1.95. The summed E-state index contributed by atoms with van der Waals surface area (Å²) in [7, 11) is 3.67. The number of carbonyl (C=O) groups excluding carboxylic acids is 1. The topological polar surface area (TPSA) is 41.6 Å². The highest BCUT2D eigenvalue weighted by Gasteiger charge is 2.43. The number of rotatable bonds is 4. The first-order chi connectivity index (χ1) is 8.69. The summed E-state index contributed by atoms with van der Waals surface area (Å²) in [6.45, 7) is 2.39. The van der Waals surface area contributed by atoms with Gasteiger partial charge in [-0.05, 0) is 38.1 Å². The molecule has 0 aromatic carbocycles. The Kier molecular flexibility index (Phi) is 4.92. The smallest absolute Gasteiger partial charge is 0.231 e. The van der Waals surface area contributed by atoms with Gasteiger partial charge in [-0.1, -0.05) is 0 Å². The molecule has 104 valence electrons. The molecule has 2 fully saturated rings. The Morgan fingerprint density at radius 2 is 2.22 bits per heavy atom. The van der Waals surface area contributed by atoms with Crippen molar-refractivity contribution in [2.75, 3.05) is 45.4 Å². The number of thioether (sulfide) groups is 1. The summed E-state index contributed by atoms with van der Waals surface area (Å²) in [5.74, 6) is 2.56. The van der Waals surface area contributed by atoms with Gasteiger partial charge in [0.25, 0.3) is 0 Å². The van der Waals surface area contributed by atoms with Crippen LogP contribution >= 0.6 is 11.8 Å². The molecule has 1 atom stereocenters. The number of methoxy groups -OCH3 is 1. The summed E-state index contributed by atoms with van der Waals surface area (Å²) in [6, 6.07) is 0.422. The van der Waals surface area contributed by atoms with Crippen molar-refractivity contribution in [3.63, 3.8) is 0 Å². The monoisotopic (exact) mass is 272 g/mol. The number of nitrogens with one attached hydrogen (secondary N) is 1. The van der Waals surface area contributed by atoms with Gasteiger partial charge in [0.1, 0.15) is 0 Å². The van der Waals surface area contributed by atoms with Crippen molar-refractivity contribution < 1.29 is 9.53 Å². The highest BCUT2D eigenvalue weighted by molar-refractivity contribution is 7.99. The molecule has 0 aliphatic carbocycles. The van der Waals surface area contributed by atoms with Crippen molar-refractivity contribution in [1.82, 2.24) is 10.2 Å². The molecular weight excluding hydrogens is 248 g/mol. The number of piperidine rings is 1. The lowest BCUT2D eigenvalue weighted by atomic mass is 9.78. The van der Waals surface area contributed by atoms with Gasteiger partial charge in [-0.25, -0.2) is 0 Å². The first kappa shape index (κ1) is 14.2. The summed E-state index contributed by atoms with van der Waals surface area (Å²) in [5, 5.41) is 3.33. The van der Waals surface area contributed by atoms with Crippen LogP contribution in [0.2, 0.25) is 0 Å². The van der Waals surface area contributed by atoms with E-state index in [-0.39, 0.29) is 5.41 Å². The van der Waals surface area contributed by atoms with Gasteiger partial charge in [0.2, 0.25) is 5.91 Å². The Hall–Kier alpha value is -0.260. The number of amides is 1. The zero-order valence-corrected chi connectivity index (χ0v) is 12.2. The van der Waals surface area contributed by atoms with Crippen molar-refractivity contribution in [2.24, 2.45) is 5.41 Å². The molecule has 0 bridgehead atoms. The zero-order chi connectivity index (χ0) is 13.0. The first-order valence-electron chi connectivity index (χ1n) is 6.74. The van der Waals surface area contributed by atoms with E-state index in [4.69, 9.17) is 4.74 Å². The minimum atomic E-state index is -0.290. The van der Waals surface area contributed by atoms with Gasteiger partial charge in [-0.2, -0.15) is 11.8 Å². The average Bonchev–Trinajstić information content (AvgIpc) is 2.92. The quantitative estimate of drug-likeness (QED) is 0.828. The fourth-order valence-corrected chi connectivity index (χ4v) is 4.24. The molecule has 2 saturated heterocycles. The van der Waals surface area contributed by atoms with Crippen LogP contribution in [0, 0.1) is 5.41 Å². The van der Waals surface area contributed by atoms with Crippen molar-refractivity contribution in [3.05, 3.63) is 0 Å². The number of carbonyl (C=O) groups is 1. The van der Waals surface area contributed by atoms with Crippen LogP contribution in [0.1, 0.15) is 19.3 Å². The van der Waals surface area contributed by atoms with Crippen LogP contribution in [0.25, 0.3) is 0 Å². The lowest BCUT2D eigenvalue weighted by Gasteiger charge is -2.40. The predicted octanol–water partition coefficient (Wildman–Crippen LogP) is 0.966. The molecule has 0 aromatic heterocycles. The molecule has 1 N–H and O–H groups in total. The van der Waals surface area contributed by atoms with Gasteiger partial charge in [-0.15, -0.1) is 0 Å². The summed E-state index contributed by atoms with van der Waals surface area (Å²) in [5.41, 5.74) is -0.290. The number of nitrogens with zero attached hydrogens (tertiary/aromatic N) is 1. The van der Waals surface area contributed by atoms with Crippen LogP contribution in [-0.4, -0.2) is 62.2 Å². The molecule has 0 aromatic rings. The van der Waals surface area contributed by atoms with Crippen LogP contribution in [0.5, 0.6) is 0 Å². The van der Waals surface area contributed by atoms with E-state index < -0.39 is 0 Å². The van der Waals surface area contributed by atoms with Gasteiger partial charge in [0.05, 0.1) is 12.0 Å². The number of ether oxygens (including phenoxy) is 1. The molecule has 1 amide bonds. The minimum absolute atomic E-state index is 0.290. The van der Waals surface area contributed by atoms with Gasteiger partial charge < -0.3 is 15.0 Å². The van der Waals surface area contributed by atoms with E-state index in [1.165, 1.54) is 5.75 Å². The molecule has 0 saturated carbocycles. The second kappa shape index (κ2) is 6.26. The molecule has 2 heterocycles. The molecule has 2 aliphatic heterocycles. The van der Waals surface area contributed by atoms with Crippen molar-refractivity contribution in [3.8, 4) is 0 Å². The Morgan fingerprint density at radius 3 is 2.78 bits per heavy atom. The number of hydrogen-bond acceptors (Lipinski definition) is 4. The Labute approximate surface area is 114 Å². The van der Waals surface area contributed by atoms with Gasteiger partial charge in [0, 0.05) is 26.0 Å². The second-order valence-corrected chi connectivity index (χ2v) is 6.55. The van der Waals surface area contributed by atoms with Crippen molar-refractivity contribution in [2.45, 2.75) is 25.3 Å². The zero-order valence-electron chi connectivity index (χ0n) is 11.4. The highest BCUT2D eigenvalue weighted by atomic mass is 32.2. The molecule has 5 heteroatoms. The van der Waals surface area contributed by atoms with E-state index in [1.807, 2.05) is 23.7 Å². The van der Waals surface area contributed by atoms with Crippen LogP contribution in [-0.2, 0) is 9.53 Å². The summed E-state index contributed by atoms with van der Waals surface area (Å²) < 4.78 is 5.34. The van der Waals surface area contributed by atoms with E-state index in [9.17, 15) is 4.79 Å². The van der Waals surface area contributed by atoms with Crippen LogP contribution in [0.15, 0.2) is 0 Å². The van der Waals surface area contributed by atoms with E-state index in [2.05, 4.69) is 5.32 Å². The molecule has 18 heavy (non-hydrogen) atoms. The molecule has 1 unspecified atom stereocenters. The molecule has 0 spiro atoms. The van der Waals surface area contributed by atoms with Crippen LogP contribution in [0.4, 0.5) is 0 Å². The Morgan fingerprint density at radius 1 is 1.50 bits per heavy atom. The molecular formula is C13H24N2O2S. The molecule has 2 aliphatic rings. The van der Waals surface area contributed by atoms with Gasteiger partial charge in [0.15, 0.2) is 0 Å². The standard InChI is InChI=1S/C13H24N2O2S/c1-15(11-3-8-18-9-11)12(16)13(10-17-2)4-6-14-7-5-13/h11,14H,3-10H2,1-2H3. The van der Waals surface area contributed by atoms with E-state index in [0.29, 0.717) is 18.6 Å². The average molecular weight is 272 g/mol. The third-order valence-corrected chi connectivity index (χ3v) is 5.35. The Balaban J connectivity index is 2.06. The Bertz CT molecular complexity index is 281. The van der Waals surface area contributed by atoms with E-state index >= 15 is 0 Å². The SMILES string of the molecule is COCC1(C(=O)N(C)C2CCSC2)CCNCC1. The van der Waals surface area contributed by atoms with Crippen LogP contribution in [0.3, 0.4) is 0 Å². The summed E-state index contributed by atoms with van der Waals surface area (Å²) in [4.78, 5) is 14.8. The second-order valence-electron chi connectivity index (χ2n) is 5.40. The van der Waals surface area contributed by atoms with Crippen LogP contribution < -0.4 is 5.32 Å².